The van der Waals surface area contributed by atoms with Crippen LogP contribution in [0, 0.1) is 5.82 Å². The Labute approximate surface area is 104 Å². The minimum Gasteiger partial charge on any atom is -0.464 e. The largest absolute Gasteiger partial charge is 0.464 e. The number of amides is 1. The van der Waals surface area contributed by atoms with Crippen LogP contribution >= 0.6 is 0 Å². The molecule has 0 aliphatic rings. The van der Waals surface area contributed by atoms with Gasteiger partial charge in [0, 0.05) is 17.5 Å². The lowest BCUT2D eigenvalue weighted by Crippen LogP contribution is -2.27. The Morgan fingerprint density at radius 2 is 2.28 bits per heavy atom. The van der Waals surface area contributed by atoms with Crippen LogP contribution in [0.25, 0.3) is 11.0 Å². The molecule has 0 saturated heterocycles. The van der Waals surface area contributed by atoms with Crippen LogP contribution in [0.3, 0.4) is 0 Å². The molecule has 2 aromatic rings. The summed E-state index contributed by atoms with van der Waals surface area (Å²) in [4.78, 5) is 11.6. The Kier molecular flexibility index (Phi) is 3.94. The molecule has 0 aliphatic carbocycles. The lowest BCUT2D eigenvalue weighted by Gasteiger charge is -2.02. The maximum atomic E-state index is 13.1. The standard InChI is InChI=1S/C13H15FN2O2/c14-10-2-3-12-11(7-10)9(8-18-12)6-13(17)16-5-1-4-15/h2-3,7-8H,1,4-6,15H2,(H,16,17). The third kappa shape index (κ3) is 2.87. The zero-order chi connectivity index (χ0) is 13.0. The molecule has 0 aliphatic heterocycles. The zero-order valence-corrected chi connectivity index (χ0v) is 9.91. The van der Waals surface area contributed by atoms with Gasteiger partial charge in [-0.15, -0.1) is 0 Å². The molecule has 5 heteroatoms. The lowest BCUT2D eigenvalue weighted by molar-refractivity contribution is -0.120. The van der Waals surface area contributed by atoms with Crippen LogP contribution in [0.2, 0.25) is 0 Å². The van der Waals surface area contributed by atoms with E-state index in [-0.39, 0.29) is 18.1 Å². The first kappa shape index (κ1) is 12.6. The molecule has 0 fully saturated rings. The van der Waals surface area contributed by atoms with Crippen molar-refractivity contribution < 1.29 is 13.6 Å². The number of benzene rings is 1. The molecule has 0 bridgehead atoms. The van der Waals surface area contributed by atoms with Gasteiger partial charge in [-0.1, -0.05) is 0 Å². The number of nitrogens with two attached hydrogens (primary N) is 1. The summed E-state index contributed by atoms with van der Waals surface area (Å²) < 4.78 is 18.4. The fourth-order valence-corrected chi connectivity index (χ4v) is 1.76. The highest BCUT2D eigenvalue weighted by Gasteiger charge is 2.10. The molecule has 0 saturated carbocycles. The average Bonchev–Trinajstić information content (AvgIpc) is 2.72. The molecule has 0 unspecified atom stereocenters. The molecule has 18 heavy (non-hydrogen) atoms. The van der Waals surface area contributed by atoms with Crippen LogP contribution in [-0.4, -0.2) is 19.0 Å². The van der Waals surface area contributed by atoms with Crippen LogP contribution in [0.15, 0.2) is 28.9 Å². The second kappa shape index (κ2) is 5.64. The molecule has 1 amide bonds. The molecule has 1 aromatic heterocycles. The van der Waals surface area contributed by atoms with Crippen molar-refractivity contribution in [3.8, 4) is 0 Å². The molecular formula is C13H15FN2O2. The first-order valence-electron chi connectivity index (χ1n) is 5.83. The van der Waals surface area contributed by atoms with E-state index in [4.69, 9.17) is 10.2 Å². The minimum atomic E-state index is -0.339. The summed E-state index contributed by atoms with van der Waals surface area (Å²) in [7, 11) is 0. The van der Waals surface area contributed by atoms with E-state index in [1.807, 2.05) is 0 Å². The number of halogens is 1. The number of carbonyl (C=O) groups is 1. The summed E-state index contributed by atoms with van der Waals surface area (Å²) in [5.74, 6) is -0.455. The first-order valence-corrected chi connectivity index (χ1v) is 5.83. The second-order valence-corrected chi connectivity index (χ2v) is 4.07. The highest BCUT2D eigenvalue weighted by atomic mass is 19.1. The van der Waals surface area contributed by atoms with E-state index in [0.717, 1.165) is 6.42 Å². The molecule has 0 spiro atoms. The van der Waals surface area contributed by atoms with Gasteiger partial charge in [0.15, 0.2) is 0 Å². The maximum absolute atomic E-state index is 13.1. The number of hydrogen-bond acceptors (Lipinski definition) is 3. The van der Waals surface area contributed by atoms with Crippen LogP contribution in [0.1, 0.15) is 12.0 Å². The van der Waals surface area contributed by atoms with Crippen molar-refractivity contribution in [2.45, 2.75) is 12.8 Å². The number of hydrogen-bond donors (Lipinski definition) is 2. The molecule has 4 nitrogen and oxygen atoms in total. The zero-order valence-electron chi connectivity index (χ0n) is 9.91. The summed E-state index contributed by atoms with van der Waals surface area (Å²) in [6.45, 7) is 1.10. The van der Waals surface area contributed by atoms with E-state index in [9.17, 15) is 9.18 Å². The normalized spacial score (nSPS) is 10.8. The molecule has 2 rings (SSSR count). The van der Waals surface area contributed by atoms with Gasteiger partial charge < -0.3 is 15.5 Å². The van der Waals surface area contributed by atoms with Crippen molar-refractivity contribution in [2.24, 2.45) is 5.73 Å². The second-order valence-electron chi connectivity index (χ2n) is 4.07. The van der Waals surface area contributed by atoms with Crippen LogP contribution in [-0.2, 0) is 11.2 Å². The predicted molar refractivity (Wildman–Crippen MR) is 66.6 cm³/mol. The minimum absolute atomic E-state index is 0.115. The van der Waals surface area contributed by atoms with Crippen LogP contribution in [0.4, 0.5) is 4.39 Å². The number of fused-ring (bicyclic) bond motifs is 1. The van der Waals surface area contributed by atoms with Crippen molar-refractivity contribution in [3.05, 3.63) is 35.8 Å². The van der Waals surface area contributed by atoms with E-state index in [1.165, 1.54) is 18.4 Å². The van der Waals surface area contributed by atoms with Crippen molar-refractivity contribution in [1.82, 2.24) is 5.32 Å². The molecule has 0 radical (unpaired) electrons. The van der Waals surface area contributed by atoms with Crippen molar-refractivity contribution >= 4 is 16.9 Å². The lowest BCUT2D eigenvalue weighted by atomic mass is 10.1. The monoisotopic (exact) mass is 250 g/mol. The summed E-state index contributed by atoms with van der Waals surface area (Å²) in [5, 5.41) is 3.39. The smallest absolute Gasteiger partial charge is 0.224 e. The molecule has 1 heterocycles. The van der Waals surface area contributed by atoms with Crippen molar-refractivity contribution in [2.75, 3.05) is 13.1 Å². The van der Waals surface area contributed by atoms with Crippen molar-refractivity contribution in [3.63, 3.8) is 0 Å². The van der Waals surface area contributed by atoms with Gasteiger partial charge in [-0.2, -0.15) is 0 Å². The average molecular weight is 250 g/mol. The number of carbonyl (C=O) groups excluding carboxylic acids is 1. The van der Waals surface area contributed by atoms with E-state index >= 15 is 0 Å². The molecular weight excluding hydrogens is 235 g/mol. The predicted octanol–water partition coefficient (Wildman–Crippen LogP) is 1.58. The number of nitrogens with one attached hydrogen (secondary N) is 1. The third-order valence-corrected chi connectivity index (χ3v) is 2.67. The van der Waals surface area contributed by atoms with Gasteiger partial charge >= 0.3 is 0 Å². The molecule has 0 atom stereocenters. The Morgan fingerprint density at radius 3 is 3.06 bits per heavy atom. The Morgan fingerprint density at radius 1 is 1.44 bits per heavy atom. The highest BCUT2D eigenvalue weighted by Crippen LogP contribution is 2.22. The summed E-state index contributed by atoms with van der Waals surface area (Å²) >= 11 is 0. The Balaban J connectivity index is 2.07. The third-order valence-electron chi connectivity index (χ3n) is 2.67. The van der Waals surface area contributed by atoms with E-state index < -0.39 is 0 Å². The van der Waals surface area contributed by atoms with E-state index in [2.05, 4.69) is 5.32 Å². The Bertz CT molecular complexity index is 551. The summed E-state index contributed by atoms with van der Waals surface area (Å²) in [5.41, 5.74) is 6.61. The van der Waals surface area contributed by atoms with Gasteiger partial charge in [0.05, 0.1) is 12.7 Å². The Hall–Kier alpha value is -1.88. The summed E-state index contributed by atoms with van der Waals surface area (Å²) in [6, 6.07) is 4.26. The van der Waals surface area contributed by atoms with Gasteiger partial charge in [-0.3, -0.25) is 4.79 Å². The number of furan rings is 1. The van der Waals surface area contributed by atoms with Gasteiger partial charge in [-0.05, 0) is 31.2 Å². The topological polar surface area (TPSA) is 68.3 Å². The highest BCUT2D eigenvalue weighted by molar-refractivity contribution is 5.87. The number of rotatable bonds is 5. The van der Waals surface area contributed by atoms with E-state index in [0.29, 0.717) is 29.6 Å². The molecule has 3 N–H and O–H groups in total. The van der Waals surface area contributed by atoms with Crippen molar-refractivity contribution in [1.29, 1.82) is 0 Å². The fourth-order valence-electron chi connectivity index (χ4n) is 1.76. The summed E-state index contributed by atoms with van der Waals surface area (Å²) in [6.07, 6.45) is 2.42. The first-order chi connectivity index (χ1) is 8.70. The van der Waals surface area contributed by atoms with Crippen LogP contribution < -0.4 is 11.1 Å². The van der Waals surface area contributed by atoms with E-state index in [1.54, 1.807) is 6.07 Å². The maximum Gasteiger partial charge on any atom is 0.224 e. The van der Waals surface area contributed by atoms with Gasteiger partial charge in [0.2, 0.25) is 5.91 Å². The van der Waals surface area contributed by atoms with Gasteiger partial charge in [0.25, 0.3) is 0 Å². The van der Waals surface area contributed by atoms with Crippen LogP contribution in [0.5, 0.6) is 0 Å². The SMILES string of the molecule is NCCCNC(=O)Cc1coc2ccc(F)cc12. The van der Waals surface area contributed by atoms with Gasteiger partial charge in [-0.25, -0.2) is 4.39 Å². The fraction of sp³-hybridized carbons (Fsp3) is 0.308. The molecule has 1 aromatic carbocycles. The quantitative estimate of drug-likeness (QED) is 0.792. The molecule has 96 valence electrons. The van der Waals surface area contributed by atoms with Gasteiger partial charge in [0.1, 0.15) is 11.4 Å².